The van der Waals surface area contributed by atoms with E-state index in [-0.39, 0.29) is 29.6 Å². The van der Waals surface area contributed by atoms with Crippen molar-refractivity contribution in [3.8, 4) is 11.5 Å². The summed E-state index contributed by atoms with van der Waals surface area (Å²) in [7, 11) is -4.28. The van der Waals surface area contributed by atoms with Crippen LogP contribution in [0.4, 0.5) is 10.1 Å². The van der Waals surface area contributed by atoms with Crippen LogP contribution in [-0.2, 0) is 32.6 Å². The van der Waals surface area contributed by atoms with Gasteiger partial charge in [0.2, 0.25) is 11.8 Å². The van der Waals surface area contributed by atoms with Crippen molar-refractivity contribution in [1.29, 1.82) is 0 Å². The van der Waals surface area contributed by atoms with Gasteiger partial charge in [-0.05, 0) is 92.6 Å². The first kappa shape index (κ1) is 35.8. The third kappa shape index (κ3) is 9.35. The van der Waals surface area contributed by atoms with Crippen LogP contribution in [0.1, 0.15) is 30.5 Å². The zero-order chi connectivity index (χ0) is 35.7. The van der Waals surface area contributed by atoms with Gasteiger partial charge in [0.05, 0.1) is 10.6 Å². The molecule has 0 aliphatic rings. The number of sulfonamides is 1. The fraction of sp³-hybridized carbons (Fsp3) is 0.200. The van der Waals surface area contributed by atoms with Crippen molar-refractivity contribution in [3.63, 3.8) is 0 Å². The van der Waals surface area contributed by atoms with Crippen molar-refractivity contribution in [2.75, 3.05) is 10.8 Å². The van der Waals surface area contributed by atoms with Gasteiger partial charge in [-0.2, -0.15) is 0 Å². The average Bonchev–Trinajstić information content (AvgIpc) is 3.10. The minimum Gasteiger partial charge on any atom is -0.457 e. The van der Waals surface area contributed by atoms with E-state index in [1.54, 1.807) is 60.7 Å². The molecule has 0 fully saturated rings. The summed E-state index contributed by atoms with van der Waals surface area (Å²) in [6.07, 6.45) is 0.169. The van der Waals surface area contributed by atoms with Crippen LogP contribution in [0.25, 0.3) is 0 Å². The summed E-state index contributed by atoms with van der Waals surface area (Å²) in [6, 6.07) is 35.7. The van der Waals surface area contributed by atoms with Gasteiger partial charge in [-0.3, -0.25) is 13.9 Å². The second-order valence-corrected chi connectivity index (χ2v) is 14.1. The highest BCUT2D eigenvalue weighted by Gasteiger charge is 2.35. The maximum absolute atomic E-state index is 14.6. The number of nitrogens with one attached hydrogen (secondary N) is 1. The number of halogens is 1. The number of anilines is 1. The van der Waals surface area contributed by atoms with Crippen LogP contribution in [0, 0.1) is 12.7 Å². The fourth-order valence-corrected chi connectivity index (χ4v) is 6.81. The van der Waals surface area contributed by atoms with Crippen LogP contribution in [0.15, 0.2) is 138 Å². The molecule has 0 aromatic heterocycles. The highest BCUT2D eigenvalue weighted by atomic mass is 32.2. The zero-order valence-electron chi connectivity index (χ0n) is 28.2. The van der Waals surface area contributed by atoms with Gasteiger partial charge in [-0.1, -0.05) is 78.4 Å². The van der Waals surface area contributed by atoms with Crippen LogP contribution in [0.2, 0.25) is 0 Å². The highest BCUT2D eigenvalue weighted by molar-refractivity contribution is 7.92. The van der Waals surface area contributed by atoms with Crippen LogP contribution in [0.3, 0.4) is 0 Å². The number of benzene rings is 5. The molecule has 1 atom stereocenters. The van der Waals surface area contributed by atoms with Crippen LogP contribution < -0.4 is 14.4 Å². The summed E-state index contributed by atoms with van der Waals surface area (Å²) in [6.45, 7) is 4.82. The Hall–Kier alpha value is -5.48. The fourth-order valence-electron chi connectivity index (χ4n) is 5.39. The Kier molecular flexibility index (Phi) is 11.7. The minimum absolute atomic E-state index is 0.00369. The molecule has 2 amide bonds. The number of aryl methyl sites for hydroxylation is 1. The molecule has 0 radical (unpaired) electrons. The normalized spacial score (nSPS) is 11.9. The second-order valence-electron chi connectivity index (χ2n) is 12.3. The van der Waals surface area contributed by atoms with E-state index in [2.05, 4.69) is 5.32 Å². The average molecular weight is 694 g/mol. The Morgan fingerprint density at radius 1 is 0.740 bits per heavy atom. The molecule has 1 N–H and O–H groups in total. The van der Waals surface area contributed by atoms with Gasteiger partial charge < -0.3 is 15.0 Å². The second kappa shape index (κ2) is 16.3. The third-order valence-electron chi connectivity index (χ3n) is 7.96. The number of rotatable bonds is 14. The van der Waals surface area contributed by atoms with Crippen molar-refractivity contribution >= 4 is 27.5 Å². The molecule has 0 aliphatic carbocycles. The first-order valence-electron chi connectivity index (χ1n) is 16.3. The summed E-state index contributed by atoms with van der Waals surface area (Å²) in [5.74, 6) is -0.366. The molecule has 258 valence electrons. The van der Waals surface area contributed by atoms with Crippen LogP contribution >= 0.6 is 0 Å². The lowest BCUT2D eigenvalue weighted by molar-refractivity contribution is -0.140. The number of hydrogen-bond acceptors (Lipinski definition) is 5. The summed E-state index contributed by atoms with van der Waals surface area (Å²) >= 11 is 0. The Morgan fingerprint density at radius 3 is 1.92 bits per heavy atom. The minimum atomic E-state index is -4.28. The third-order valence-corrected chi connectivity index (χ3v) is 9.75. The molecule has 0 aliphatic heterocycles. The standard InChI is InChI=1S/C40H40FN3O5S/c1-29(2)42-40(46)38(26-31-10-6-4-7-11-31)43(27-32-16-18-33(41)19-17-32)39(45)28-44(50(47,48)37-24-14-30(3)15-25-37)34-20-22-36(23-21-34)49-35-12-8-5-9-13-35/h4-25,29,38H,26-28H2,1-3H3,(H,42,46). The van der Waals surface area contributed by atoms with E-state index in [4.69, 9.17) is 4.74 Å². The van der Waals surface area contributed by atoms with Crippen molar-refractivity contribution in [3.05, 3.63) is 156 Å². The van der Waals surface area contributed by atoms with Gasteiger partial charge in [-0.15, -0.1) is 0 Å². The lowest BCUT2D eigenvalue weighted by Crippen LogP contribution is -2.54. The Balaban J connectivity index is 1.55. The number of para-hydroxylation sites is 1. The zero-order valence-corrected chi connectivity index (χ0v) is 29.0. The molecule has 1 unspecified atom stereocenters. The maximum Gasteiger partial charge on any atom is 0.264 e. The van der Waals surface area contributed by atoms with Gasteiger partial charge in [0.1, 0.15) is 29.9 Å². The van der Waals surface area contributed by atoms with E-state index in [1.807, 2.05) is 69.3 Å². The molecule has 8 nitrogen and oxygen atoms in total. The van der Waals surface area contributed by atoms with Gasteiger partial charge in [-0.25, -0.2) is 12.8 Å². The van der Waals surface area contributed by atoms with Crippen molar-refractivity contribution in [2.24, 2.45) is 0 Å². The van der Waals surface area contributed by atoms with Gasteiger partial charge in [0, 0.05) is 19.0 Å². The molecule has 0 heterocycles. The van der Waals surface area contributed by atoms with Crippen LogP contribution in [-0.4, -0.2) is 43.8 Å². The van der Waals surface area contributed by atoms with E-state index < -0.39 is 40.2 Å². The van der Waals surface area contributed by atoms with E-state index in [1.165, 1.54) is 29.2 Å². The molecular formula is C40H40FN3O5S. The predicted molar refractivity (Wildman–Crippen MR) is 193 cm³/mol. The molecular weight excluding hydrogens is 654 g/mol. The highest BCUT2D eigenvalue weighted by Crippen LogP contribution is 2.29. The van der Waals surface area contributed by atoms with E-state index >= 15 is 0 Å². The molecule has 10 heteroatoms. The van der Waals surface area contributed by atoms with E-state index in [9.17, 15) is 22.4 Å². The van der Waals surface area contributed by atoms with Crippen molar-refractivity contribution in [2.45, 2.75) is 50.7 Å². The molecule has 0 spiro atoms. The first-order valence-corrected chi connectivity index (χ1v) is 17.7. The molecule has 5 aromatic carbocycles. The number of nitrogens with zero attached hydrogens (tertiary/aromatic N) is 2. The summed E-state index contributed by atoms with van der Waals surface area (Å²) in [4.78, 5) is 29.8. The van der Waals surface area contributed by atoms with Gasteiger partial charge in [0.25, 0.3) is 10.0 Å². The van der Waals surface area contributed by atoms with Gasteiger partial charge in [0.15, 0.2) is 0 Å². The first-order chi connectivity index (χ1) is 24.0. The monoisotopic (exact) mass is 693 g/mol. The molecule has 5 rings (SSSR count). The summed E-state index contributed by atoms with van der Waals surface area (Å²) in [5, 5.41) is 2.93. The van der Waals surface area contributed by atoms with Crippen LogP contribution in [0.5, 0.6) is 11.5 Å². The SMILES string of the molecule is Cc1ccc(S(=O)(=O)N(CC(=O)N(Cc2ccc(F)cc2)C(Cc2ccccc2)C(=O)NC(C)C)c2ccc(Oc3ccccc3)cc2)cc1. The van der Waals surface area contributed by atoms with Gasteiger partial charge >= 0.3 is 0 Å². The number of ether oxygens (including phenoxy) is 1. The summed E-state index contributed by atoms with van der Waals surface area (Å²) < 4.78 is 49.5. The number of carbonyl (C=O) groups excluding carboxylic acids is 2. The van der Waals surface area contributed by atoms with Crippen molar-refractivity contribution in [1.82, 2.24) is 10.2 Å². The lowest BCUT2D eigenvalue weighted by Gasteiger charge is -2.34. The Labute approximate surface area is 293 Å². The Bertz CT molecular complexity index is 1970. The lowest BCUT2D eigenvalue weighted by atomic mass is 10.0. The van der Waals surface area contributed by atoms with E-state index in [0.717, 1.165) is 15.4 Å². The number of amides is 2. The van der Waals surface area contributed by atoms with Crippen molar-refractivity contribution < 1.29 is 27.1 Å². The molecule has 0 saturated heterocycles. The summed E-state index contributed by atoms with van der Waals surface area (Å²) in [5.41, 5.74) is 2.49. The molecule has 50 heavy (non-hydrogen) atoms. The molecule has 0 saturated carbocycles. The number of hydrogen-bond donors (Lipinski definition) is 1. The van der Waals surface area contributed by atoms with E-state index in [0.29, 0.717) is 17.1 Å². The molecule has 0 bridgehead atoms. The topological polar surface area (TPSA) is 96.0 Å². The number of carbonyl (C=O) groups is 2. The largest absolute Gasteiger partial charge is 0.457 e. The molecule has 5 aromatic rings. The maximum atomic E-state index is 14.6. The smallest absolute Gasteiger partial charge is 0.264 e. The quantitative estimate of drug-likeness (QED) is 0.132. The Morgan fingerprint density at radius 2 is 1.32 bits per heavy atom. The predicted octanol–water partition coefficient (Wildman–Crippen LogP) is 7.29.